The second-order valence-electron chi connectivity index (χ2n) is 8.77. The molecule has 0 amide bonds. The van der Waals surface area contributed by atoms with Crippen LogP contribution in [0.1, 0.15) is 101 Å². The van der Waals surface area contributed by atoms with Crippen molar-refractivity contribution >= 4 is 0 Å². The smallest absolute Gasteiger partial charge is 0.0295 e. The summed E-state index contributed by atoms with van der Waals surface area (Å²) in [4.78, 5) is 0. The first-order valence-corrected chi connectivity index (χ1v) is 10.3. The Kier molecular flexibility index (Phi) is 9.99. The van der Waals surface area contributed by atoms with Gasteiger partial charge in [-0.2, -0.15) is 0 Å². The van der Waals surface area contributed by atoms with Gasteiger partial charge in [-0.15, -0.1) is 0 Å². The van der Waals surface area contributed by atoms with Gasteiger partial charge in [0.25, 0.3) is 0 Å². The molecule has 0 radical (unpaired) electrons. The van der Waals surface area contributed by atoms with Crippen LogP contribution in [0.5, 0.6) is 0 Å². The lowest BCUT2D eigenvalue weighted by Crippen LogP contribution is -2.44. The second kappa shape index (κ2) is 9.99. The molecule has 2 aliphatic carbocycles. The van der Waals surface area contributed by atoms with Gasteiger partial charge in [0.1, 0.15) is 0 Å². The van der Waals surface area contributed by atoms with Gasteiger partial charge in [0.15, 0.2) is 0 Å². The van der Waals surface area contributed by atoms with Crippen LogP contribution >= 0.6 is 0 Å². The number of hydrogen-bond donors (Lipinski definition) is 0. The fourth-order valence-corrected chi connectivity index (χ4v) is 4.99. The maximum atomic E-state index is 2.56. The Hall–Kier alpha value is 0. The fraction of sp³-hybridized carbons (Fsp3) is 1.00. The predicted molar refractivity (Wildman–Crippen MR) is 103 cm³/mol. The summed E-state index contributed by atoms with van der Waals surface area (Å²) in [7, 11) is 0. The average Bonchev–Trinajstić information content (AvgIpc) is 2.81. The number of rotatable bonds is 2. The van der Waals surface area contributed by atoms with E-state index in [1.165, 1.54) is 32.1 Å². The zero-order chi connectivity index (χ0) is 17.5. The molecule has 0 aromatic carbocycles. The van der Waals surface area contributed by atoms with Crippen LogP contribution in [0, 0.1) is 40.9 Å². The second-order valence-corrected chi connectivity index (χ2v) is 8.77. The molecule has 0 aromatic rings. The van der Waals surface area contributed by atoms with Gasteiger partial charge >= 0.3 is 0 Å². The van der Waals surface area contributed by atoms with Crippen LogP contribution in [0.25, 0.3) is 0 Å². The molecule has 134 valence electrons. The molecule has 0 saturated heterocycles. The normalized spacial score (nSPS) is 35.9. The molecule has 0 N–H and O–H groups in total. The minimum atomic E-state index is 0.577. The van der Waals surface area contributed by atoms with Crippen LogP contribution in [0.3, 0.4) is 0 Å². The monoisotopic (exact) mass is 310 g/mol. The van der Waals surface area contributed by atoms with E-state index >= 15 is 0 Å². The lowest BCUT2D eigenvalue weighted by Gasteiger charge is -2.51. The van der Waals surface area contributed by atoms with Gasteiger partial charge in [-0.1, -0.05) is 82.1 Å². The molecule has 0 nitrogen and oxygen atoms in total. The SMILES string of the molecule is CC.CC(C)C[C@H]1CC2C(C)CCC2C(C)(C)C1C.CCC. The molecule has 2 fully saturated rings. The maximum absolute atomic E-state index is 2.56. The van der Waals surface area contributed by atoms with Crippen LogP contribution < -0.4 is 0 Å². The molecule has 4 unspecified atom stereocenters. The van der Waals surface area contributed by atoms with E-state index in [1.54, 1.807) is 0 Å². The Morgan fingerprint density at radius 3 is 1.95 bits per heavy atom. The quantitative estimate of drug-likeness (QED) is 0.487. The standard InChI is InChI=1S/C17H32.C3H8.C2H6/c1-11(2)9-14-10-15-12(3)7-8-16(15)17(5,6)13(14)4;1-3-2;1-2/h11-16H,7-10H2,1-6H3;3H2,1-2H3;1-2H3/t12?,13?,14-,15?,16?;;/m0../s1. The Labute approximate surface area is 142 Å². The van der Waals surface area contributed by atoms with Gasteiger partial charge in [-0.3, -0.25) is 0 Å². The summed E-state index contributed by atoms with van der Waals surface area (Å²) in [6, 6.07) is 0. The van der Waals surface area contributed by atoms with Crippen molar-refractivity contribution in [2.24, 2.45) is 40.9 Å². The van der Waals surface area contributed by atoms with Gasteiger partial charge in [-0.05, 0) is 60.2 Å². The van der Waals surface area contributed by atoms with Crippen molar-refractivity contribution in [3.05, 3.63) is 0 Å². The molecular weight excluding hydrogens is 264 g/mol. The Morgan fingerprint density at radius 1 is 1.00 bits per heavy atom. The first-order valence-electron chi connectivity index (χ1n) is 10.3. The van der Waals surface area contributed by atoms with E-state index in [0.29, 0.717) is 5.41 Å². The van der Waals surface area contributed by atoms with Gasteiger partial charge in [0.2, 0.25) is 0 Å². The van der Waals surface area contributed by atoms with Crippen molar-refractivity contribution < 1.29 is 0 Å². The van der Waals surface area contributed by atoms with Crippen LogP contribution in [0.15, 0.2) is 0 Å². The Morgan fingerprint density at radius 2 is 1.50 bits per heavy atom. The van der Waals surface area contributed by atoms with Gasteiger partial charge in [-0.25, -0.2) is 0 Å². The molecule has 0 heteroatoms. The molecule has 0 aliphatic heterocycles. The van der Waals surface area contributed by atoms with Crippen LogP contribution in [0.4, 0.5) is 0 Å². The van der Waals surface area contributed by atoms with Gasteiger partial charge in [0.05, 0.1) is 0 Å². The summed E-state index contributed by atoms with van der Waals surface area (Å²) in [5, 5.41) is 0. The topological polar surface area (TPSA) is 0 Å². The highest BCUT2D eigenvalue weighted by Gasteiger charge is 2.51. The summed E-state index contributed by atoms with van der Waals surface area (Å²) < 4.78 is 0. The summed E-state index contributed by atoms with van der Waals surface area (Å²) >= 11 is 0. The van der Waals surface area contributed by atoms with Gasteiger partial charge < -0.3 is 0 Å². The summed E-state index contributed by atoms with van der Waals surface area (Å²) in [6.07, 6.45) is 7.20. The third-order valence-corrected chi connectivity index (χ3v) is 6.37. The van der Waals surface area contributed by atoms with E-state index in [-0.39, 0.29) is 0 Å². The molecule has 2 saturated carbocycles. The highest BCUT2D eigenvalue weighted by molar-refractivity contribution is 5.00. The van der Waals surface area contributed by atoms with Crippen LogP contribution in [-0.4, -0.2) is 0 Å². The zero-order valence-corrected chi connectivity index (χ0v) is 17.5. The molecule has 2 rings (SSSR count). The van der Waals surface area contributed by atoms with Crippen molar-refractivity contribution in [2.45, 2.75) is 101 Å². The lowest BCUT2D eigenvalue weighted by molar-refractivity contribution is -0.0223. The fourth-order valence-electron chi connectivity index (χ4n) is 4.99. The van der Waals surface area contributed by atoms with E-state index in [9.17, 15) is 0 Å². The third kappa shape index (κ3) is 5.27. The minimum absolute atomic E-state index is 0.577. The van der Waals surface area contributed by atoms with E-state index in [4.69, 9.17) is 0 Å². The molecule has 0 heterocycles. The van der Waals surface area contributed by atoms with Gasteiger partial charge in [0, 0.05) is 0 Å². The molecule has 22 heavy (non-hydrogen) atoms. The predicted octanol–water partition coefficient (Wildman–Crippen LogP) is 7.82. The van der Waals surface area contributed by atoms with Crippen molar-refractivity contribution in [3.63, 3.8) is 0 Å². The summed E-state index contributed by atoms with van der Waals surface area (Å²) in [5.74, 6) is 5.79. The molecule has 2 aliphatic rings. The highest BCUT2D eigenvalue weighted by Crippen LogP contribution is 2.59. The maximum Gasteiger partial charge on any atom is -0.0295 e. The highest BCUT2D eigenvalue weighted by atomic mass is 14.6. The first kappa shape index (κ1) is 22.0. The molecular formula is C22H46. The van der Waals surface area contributed by atoms with Crippen LogP contribution in [-0.2, 0) is 0 Å². The van der Waals surface area contributed by atoms with Crippen LogP contribution in [0.2, 0.25) is 0 Å². The molecule has 0 spiro atoms. The Balaban J connectivity index is 0.000000789. The van der Waals surface area contributed by atoms with Crippen molar-refractivity contribution in [1.82, 2.24) is 0 Å². The van der Waals surface area contributed by atoms with Crippen molar-refractivity contribution in [2.75, 3.05) is 0 Å². The van der Waals surface area contributed by atoms with Crippen molar-refractivity contribution in [3.8, 4) is 0 Å². The molecule has 0 aromatic heterocycles. The third-order valence-electron chi connectivity index (χ3n) is 6.37. The largest absolute Gasteiger partial charge is 0.0683 e. The molecule has 0 bridgehead atoms. The lowest BCUT2D eigenvalue weighted by atomic mass is 9.54. The Bertz CT molecular complexity index is 276. The van der Waals surface area contributed by atoms with E-state index in [1.807, 2.05) is 13.8 Å². The zero-order valence-electron chi connectivity index (χ0n) is 17.5. The van der Waals surface area contributed by atoms with E-state index in [0.717, 1.165) is 35.5 Å². The number of hydrogen-bond acceptors (Lipinski definition) is 0. The van der Waals surface area contributed by atoms with E-state index in [2.05, 4.69) is 55.4 Å². The van der Waals surface area contributed by atoms with E-state index < -0.39 is 0 Å². The minimum Gasteiger partial charge on any atom is -0.0683 e. The number of fused-ring (bicyclic) bond motifs is 1. The molecule has 5 atom stereocenters. The summed E-state index contributed by atoms with van der Waals surface area (Å²) in [5.41, 5.74) is 0.577. The summed E-state index contributed by atoms with van der Waals surface area (Å²) in [6.45, 7) is 23.2. The average molecular weight is 311 g/mol. The van der Waals surface area contributed by atoms with Crippen molar-refractivity contribution in [1.29, 1.82) is 0 Å². The first-order chi connectivity index (χ1) is 10.3.